The first kappa shape index (κ1) is 22.0. The number of likely N-dealkylation sites (tertiary alicyclic amines) is 1. The molecule has 36 heavy (non-hydrogen) atoms. The molecule has 3 aromatic carbocycles. The van der Waals surface area contributed by atoms with E-state index in [1.165, 1.54) is 12.1 Å². The van der Waals surface area contributed by atoms with Crippen LogP contribution >= 0.6 is 0 Å². The zero-order chi connectivity index (χ0) is 24.6. The predicted octanol–water partition coefficient (Wildman–Crippen LogP) is 6.14. The number of anilines is 1. The quantitative estimate of drug-likeness (QED) is 0.272. The SMILES string of the molecule is O=C1CCCN1[C@@H]1C[C@H](c2ccc([N+](=O)[O-])cc2)Nc2cccc(-c3cc(-c4ccccc4)on3)c21. The van der Waals surface area contributed by atoms with E-state index in [9.17, 15) is 14.9 Å². The van der Waals surface area contributed by atoms with E-state index >= 15 is 0 Å². The summed E-state index contributed by atoms with van der Waals surface area (Å²) in [4.78, 5) is 25.6. The highest BCUT2D eigenvalue weighted by Gasteiger charge is 2.38. The molecule has 0 spiro atoms. The van der Waals surface area contributed by atoms with E-state index in [2.05, 4.69) is 10.5 Å². The number of carbonyl (C=O) groups is 1. The van der Waals surface area contributed by atoms with E-state index in [1.807, 2.05) is 59.5 Å². The minimum Gasteiger partial charge on any atom is -0.378 e. The summed E-state index contributed by atoms with van der Waals surface area (Å²) in [6.45, 7) is 0.707. The number of nitrogens with one attached hydrogen (secondary N) is 1. The van der Waals surface area contributed by atoms with E-state index in [0.717, 1.165) is 40.1 Å². The highest BCUT2D eigenvalue weighted by atomic mass is 16.6. The van der Waals surface area contributed by atoms with E-state index < -0.39 is 4.92 Å². The molecule has 0 aliphatic carbocycles. The molecule has 8 nitrogen and oxygen atoms in total. The van der Waals surface area contributed by atoms with Gasteiger partial charge >= 0.3 is 0 Å². The van der Waals surface area contributed by atoms with Gasteiger partial charge in [-0.25, -0.2) is 0 Å². The Morgan fingerprint density at radius 3 is 2.56 bits per heavy atom. The fraction of sp³-hybridized carbons (Fsp3) is 0.214. The van der Waals surface area contributed by atoms with Crippen LogP contribution in [0.2, 0.25) is 0 Å². The number of non-ortho nitro benzene ring substituents is 1. The normalized spacial score (nSPS) is 19.1. The number of benzene rings is 3. The van der Waals surface area contributed by atoms with E-state index in [1.54, 1.807) is 12.1 Å². The number of carbonyl (C=O) groups excluding carboxylic acids is 1. The lowest BCUT2D eigenvalue weighted by Gasteiger charge is -2.39. The van der Waals surface area contributed by atoms with Gasteiger partial charge in [-0.15, -0.1) is 0 Å². The fourth-order valence-corrected chi connectivity index (χ4v) is 5.33. The first-order valence-corrected chi connectivity index (χ1v) is 12.0. The minimum atomic E-state index is -0.396. The zero-order valence-corrected chi connectivity index (χ0v) is 19.5. The standard InChI is InChI=1S/C28H24N4O4/c33-27-10-5-15-31(27)25-16-23(18-11-13-20(14-12-18)32(34)35)29-22-9-4-8-21(28(22)25)24-17-26(36-30-24)19-6-2-1-3-7-19/h1-4,6-9,11-14,17,23,25,29H,5,10,15-16H2/t23-,25-/m1/s1. The average molecular weight is 481 g/mol. The topological polar surface area (TPSA) is 102 Å². The Labute approximate surface area is 207 Å². The Balaban J connectivity index is 1.41. The second-order valence-electron chi connectivity index (χ2n) is 9.20. The van der Waals surface area contributed by atoms with Gasteiger partial charge in [0.15, 0.2) is 5.76 Å². The Morgan fingerprint density at radius 2 is 1.83 bits per heavy atom. The van der Waals surface area contributed by atoms with Crippen molar-refractivity contribution in [3.05, 3.63) is 100 Å². The smallest absolute Gasteiger partial charge is 0.269 e. The molecular formula is C28H24N4O4. The summed E-state index contributed by atoms with van der Waals surface area (Å²) in [7, 11) is 0. The molecular weight excluding hydrogens is 456 g/mol. The van der Waals surface area contributed by atoms with Crippen molar-refractivity contribution in [1.82, 2.24) is 10.1 Å². The second-order valence-corrected chi connectivity index (χ2v) is 9.20. The summed E-state index contributed by atoms with van der Waals surface area (Å²) in [5, 5.41) is 19.1. The van der Waals surface area contributed by atoms with Crippen LogP contribution in [0.1, 0.15) is 42.5 Å². The van der Waals surface area contributed by atoms with Gasteiger partial charge in [-0.1, -0.05) is 59.8 Å². The maximum atomic E-state index is 12.9. The molecule has 0 saturated carbocycles. The lowest BCUT2D eigenvalue weighted by atomic mass is 9.85. The van der Waals surface area contributed by atoms with Crippen molar-refractivity contribution < 1.29 is 14.2 Å². The summed E-state index contributed by atoms with van der Waals surface area (Å²) in [5.41, 5.74) is 5.55. The summed E-state index contributed by atoms with van der Waals surface area (Å²) >= 11 is 0. The maximum absolute atomic E-state index is 12.9. The Kier molecular flexibility index (Phi) is 5.48. The summed E-state index contributed by atoms with van der Waals surface area (Å²) in [6, 6.07) is 24.2. The molecule has 0 bridgehead atoms. The molecule has 2 aliphatic rings. The van der Waals surface area contributed by atoms with E-state index in [-0.39, 0.29) is 23.7 Å². The molecule has 3 heterocycles. The number of fused-ring (bicyclic) bond motifs is 1. The van der Waals surface area contributed by atoms with Crippen LogP contribution in [0.15, 0.2) is 83.4 Å². The van der Waals surface area contributed by atoms with Crippen molar-refractivity contribution >= 4 is 17.3 Å². The molecule has 2 atom stereocenters. The number of nitro groups is 1. The maximum Gasteiger partial charge on any atom is 0.269 e. The second kappa shape index (κ2) is 8.96. The molecule has 0 radical (unpaired) electrons. The molecule has 180 valence electrons. The molecule has 6 rings (SSSR count). The molecule has 4 aromatic rings. The molecule has 1 aromatic heterocycles. The van der Waals surface area contributed by atoms with Gasteiger partial charge in [0.1, 0.15) is 5.69 Å². The van der Waals surface area contributed by atoms with Crippen LogP contribution in [0.4, 0.5) is 11.4 Å². The van der Waals surface area contributed by atoms with Gasteiger partial charge in [-0.2, -0.15) is 0 Å². The van der Waals surface area contributed by atoms with E-state index in [0.29, 0.717) is 25.1 Å². The van der Waals surface area contributed by atoms with Crippen LogP contribution in [0.5, 0.6) is 0 Å². The first-order valence-electron chi connectivity index (χ1n) is 12.0. The molecule has 1 amide bonds. The molecule has 0 unspecified atom stereocenters. The van der Waals surface area contributed by atoms with Gasteiger partial charge in [-0.3, -0.25) is 14.9 Å². The van der Waals surface area contributed by atoms with Crippen LogP contribution < -0.4 is 5.32 Å². The van der Waals surface area contributed by atoms with Crippen LogP contribution in [0.25, 0.3) is 22.6 Å². The fourth-order valence-electron chi connectivity index (χ4n) is 5.33. The summed E-state index contributed by atoms with van der Waals surface area (Å²) in [5.74, 6) is 0.833. The largest absolute Gasteiger partial charge is 0.378 e. The third-order valence-corrected chi connectivity index (χ3v) is 7.06. The third kappa shape index (κ3) is 3.90. The predicted molar refractivity (Wildman–Crippen MR) is 135 cm³/mol. The molecule has 1 fully saturated rings. The average Bonchev–Trinajstić information content (AvgIpc) is 3.58. The van der Waals surface area contributed by atoms with Crippen LogP contribution in [0, 0.1) is 10.1 Å². The Morgan fingerprint density at radius 1 is 1.03 bits per heavy atom. The van der Waals surface area contributed by atoms with Gasteiger partial charge < -0.3 is 14.7 Å². The lowest BCUT2D eigenvalue weighted by molar-refractivity contribution is -0.384. The van der Waals surface area contributed by atoms with Crippen molar-refractivity contribution in [3.63, 3.8) is 0 Å². The Bertz CT molecular complexity index is 1430. The number of aromatic nitrogens is 1. The van der Waals surface area contributed by atoms with Crippen LogP contribution in [-0.2, 0) is 4.79 Å². The number of nitrogens with zero attached hydrogens (tertiary/aromatic N) is 3. The minimum absolute atomic E-state index is 0.0590. The van der Waals surface area contributed by atoms with E-state index in [4.69, 9.17) is 4.52 Å². The number of amides is 1. The van der Waals surface area contributed by atoms with Gasteiger partial charge in [0.05, 0.1) is 17.0 Å². The zero-order valence-electron chi connectivity index (χ0n) is 19.5. The monoisotopic (exact) mass is 480 g/mol. The molecule has 8 heteroatoms. The van der Waals surface area contributed by atoms with Crippen LogP contribution in [0.3, 0.4) is 0 Å². The van der Waals surface area contributed by atoms with Gasteiger partial charge in [0, 0.05) is 53.5 Å². The third-order valence-electron chi connectivity index (χ3n) is 7.06. The molecule has 1 N–H and O–H groups in total. The molecule has 2 aliphatic heterocycles. The first-order chi connectivity index (χ1) is 17.6. The summed E-state index contributed by atoms with van der Waals surface area (Å²) in [6.07, 6.45) is 2.03. The molecule has 1 saturated heterocycles. The van der Waals surface area contributed by atoms with Crippen molar-refractivity contribution in [1.29, 1.82) is 0 Å². The van der Waals surface area contributed by atoms with Crippen molar-refractivity contribution in [2.75, 3.05) is 11.9 Å². The number of nitro benzene ring substituents is 1. The van der Waals surface area contributed by atoms with Gasteiger partial charge in [-0.05, 0) is 24.5 Å². The summed E-state index contributed by atoms with van der Waals surface area (Å²) < 4.78 is 5.69. The highest BCUT2D eigenvalue weighted by molar-refractivity contribution is 5.82. The van der Waals surface area contributed by atoms with Crippen molar-refractivity contribution in [2.24, 2.45) is 0 Å². The van der Waals surface area contributed by atoms with Crippen molar-refractivity contribution in [3.8, 4) is 22.6 Å². The Hall–Kier alpha value is -4.46. The van der Waals surface area contributed by atoms with Gasteiger partial charge in [0.2, 0.25) is 5.91 Å². The number of rotatable bonds is 5. The van der Waals surface area contributed by atoms with Gasteiger partial charge in [0.25, 0.3) is 5.69 Å². The highest BCUT2D eigenvalue weighted by Crippen LogP contribution is 2.47. The number of hydrogen-bond acceptors (Lipinski definition) is 6. The van der Waals surface area contributed by atoms with Crippen LogP contribution in [-0.4, -0.2) is 27.4 Å². The van der Waals surface area contributed by atoms with Crippen molar-refractivity contribution in [2.45, 2.75) is 31.3 Å². The lowest BCUT2D eigenvalue weighted by Crippen LogP contribution is -2.35. The number of hydrogen-bond donors (Lipinski definition) is 1.